The van der Waals surface area contributed by atoms with Crippen LogP contribution in [0.5, 0.6) is 11.5 Å². The Morgan fingerprint density at radius 3 is 2.71 bits per heavy atom. The van der Waals surface area contributed by atoms with E-state index in [-0.39, 0.29) is 5.56 Å². The fourth-order valence-corrected chi connectivity index (χ4v) is 1.89. The molecule has 0 amide bonds. The number of rotatable bonds is 1. The number of fused-ring (bicyclic) bond motifs is 2. The maximum absolute atomic E-state index is 11.9. The van der Waals surface area contributed by atoms with Crippen LogP contribution in [0.25, 0.3) is 10.9 Å². The third kappa shape index (κ3) is 1.63. The van der Waals surface area contributed by atoms with Crippen LogP contribution in [0.1, 0.15) is 12.7 Å². The first-order valence-corrected chi connectivity index (χ1v) is 5.60. The summed E-state index contributed by atoms with van der Waals surface area (Å²) in [5.41, 5.74) is 0.513. The highest BCUT2D eigenvalue weighted by molar-refractivity contribution is 5.81. The van der Waals surface area contributed by atoms with E-state index in [1.807, 2.05) is 6.92 Å². The lowest BCUT2D eigenvalue weighted by Crippen LogP contribution is -2.17. The molecule has 1 aliphatic rings. The van der Waals surface area contributed by atoms with E-state index >= 15 is 0 Å². The van der Waals surface area contributed by atoms with Crippen molar-refractivity contribution in [2.24, 2.45) is 0 Å². The molecule has 17 heavy (non-hydrogen) atoms. The van der Waals surface area contributed by atoms with Crippen LogP contribution in [-0.4, -0.2) is 23.2 Å². The average Bonchev–Trinajstić information content (AvgIpc) is 2.36. The first kappa shape index (κ1) is 10.1. The van der Waals surface area contributed by atoms with Gasteiger partial charge in [0.2, 0.25) is 0 Å². The highest BCUT2D eigenvalue weighted by Crippen LogP contribution is 2.32. The Kier molecular flexibility index (Phi) is 2.24. The number of nitrogens with zero attached hydrogens (tertiary/aromatic N) is 1. The summed E-state index contributed by atoms with van der Waals surface area (Å²) in [6.07, 6.45) is 0.694. The van der Waals surface area contributed by atoms with E-state index in [1.165, 1.54) is 0 Å². The second-order valence-corrected chi connectivity index (χ2v) is 3.88. The molecule has 0 fully saturated rings. The maximum Gasteiger partial charge on any atom is 0.258 e. The van der Waals surface area contributed by atoms with Gasteiger partial charge >= 0.3 is 0 Å². The number of aromatic amines is 1. The minimum atomic E-state index is -0.135. The van der Waals surface area contributed by atoms with Crippen molar-refractivity contribution in [1.29, 1.82) is 0 Å². The molecule has 0 aliphatic carbocycles. The zero-order chi connectivity index (χ0) is 11.8. The van der Waals surface area contributed by atoms with E-state index in [4.69, 9.17) is 9.47 Å². The first-order valence-electron chi connectivity index (χ1n) is 5.60. The van der Waals surface area contributed by atoms with Gasteiger partial charge in [-0.3, -0.25) is 4.79 Å². The molecule has 0 unspecified atom stereocenters. The van der Waals surface area contributed by atoms with Crippen molar-refractivity contribution >= 4 is 10.9 Å². The van der Waals surface area contributed by atoms with Crippen LogP contribution >= 0.6 is 0 Å². The molecule has 1 N–H and O–H groups in total. The molecular formula is C12H12N2O3. The van der Waals surface area contributed by atoms with Crippen LogP contribution in [0.2, 0.25) is 0 Å². The summed E-state index contributed by atoms with van der Waals surface area (Å²) < 4.78 is 10.9. The van der Waals surface area contributed by atoms with Crippen molar-refractivity contribution < 1.29 is 9.47 Å². The number of hydrogen-bond acceptors (Lipinski definition) is 4. The molecular weight excluding hydrogens is 220 g/mol. The van der Waals surface area contributed by atoms with Gasteiger partial charge in [0, 0.05) is 12.5 Å². The van der Waals surface area contributed by atoms with E-state index in [2.05, 4.69) is 9.97 Å². The lowest BCUT2D eigenvalue weighted by atomic mass is 10.2. The van der Waals surface area contributed by atoms with Gasteiger partial charge in [-0.15, -0.1) is 0 Å². The second-order valence-electron chi connectivity index (χ2n) is 3.88. The third-order valence-electron chi connectivity index (χ3n) is 2.75. The van der Waals surface area contributed by atoms with Crippen LogP contribution in [0.3, 0.4) is 0 Å². The maximum atomic E-state index is 11.9. The molecule has 3 rings (SSSR count). The van der Waals surface area contributed by atoms with Crippen molar-refractivity contribution in [2.45, 2.75) is 13.3 Å². The van der Waals surface area contributed by atoms with Crippen molar-refractivity contribution in [3.63, 3.8) is 0 Å². The molecule has 0 bridgehead atoms. The molecule has 88 valence electrons. The zero-order valence-electron chi connectivity index (χ0n) is 9.45. The highest BCUT2D eigenvalue weighted by Gasteiger charge is 2.14. The summed E-state index contributed by atoms with van der Waals surface area (Å²) in [4.78, 5) is 19.0. The van der Waals surface area contributed by atoms with Gasteiger partial charge < -0.3 is 14.5 Å². The quantitative estimate of drug-likeness (QED) is 0.803. The van der Waals surface area contributed by atoms with Gasteiger partial charge in [-0.1, -0.05) is 6.92 Å². The Balaban J connectivity index is 2.29. The van der Waals surface area contributed by atoms with Gasteiger partial charge in [0.1, 0.15) is 19.0 Å². The van der Waals surface area contributed by atoms with Crippen molar-refractivity contribution in [1.82, 2.24) is 9.97 Å². The van der Waals surface area contributed by atoms with Crippen LogP contribution in [0.4, 0.5) is 0 Å². The van der Waals surface area contributed by atoms with Gasteiger partial charge in [0.15, 0.2) is 11.5 Å². The lowest BCUT2D eigenvalue weighted by molar-refractivity contribution is 0.172. The van der Waals surface area contributed by atoms with Crippen molar-refractivity contribution in [3.05, 3.63) is 28.3 Å². The van der Waals surface area contributed by atoms with Crippen LogP contribution in [-0.2, 0) is 6.42 Å². The summed E-state index contributed by atoms with van der Waals surface area (Å²) in [5, 5.41) is 0.534. The number of H-pyrrole nitrogens is 1. The molecule has 0 saturated carbocycles. The normalized spacial score (nSPS) is 13.9. The number of hydrogen-bond donors (Lipinski definition) is 1. The van der Waals surface area contributed by atoms with Crippen LogP contribution < -0.4 is 15.0 Å². The average molecular weight is 232 g/mol. The summed E-state index contributed by atoms with van der Waals surface area (Å²) in [6.45, 7) is 2.99. The summed E-state index contributed by atoms with van der Waals surface area (Å²) in [5.74, 6) is 1.95. The predicted octanol–water partition coefficient (Wildman–Crippen LogP) is 1.26. The number of aromatic nitrogens is 2. The zero-order valence-corrected chi connectivity index (χ0v) is 9.45. The molecule has 2 heterocycles. The van der Waals surface area contributed by atoms with E-state index in [0.29, 0.717) is 47.9 Å². The smallest absolute Gasteiger partial charge is 0.258 e. The Morgan fingerprint density at radius 1 is 1.29 bits per heavy atom. The first-order chi connectivity index (χ1) is 8.28. The van der Waals surface area contributed by atoms with Crippen LogP contribution in [0.15, 0.2) is 16.9 Å². The van der Waals surface area contributed by atoms with Crippen molar-refractivity contribution in [2.75, 3.05) is 13.2 Å². The van der Waals surface area contributed by atoms with E-state index in [0.717, 1.165) is 0 Å². The molecule has 0 radical (unpaired) electrons. The van der Waals surface area contributed by atoms with Crippen molar-refractivity contribution in [3.8, 4) is 11.5 Å². The third-order valence-corrected chi connectivity index (χ3v) is 2.75. The molecule has 1 aromatic carbocycles. The number of aryl methyl sites for hydroxylation is 1. The largest absolute Gasteiger partial charge is 0.486 e. The monoisotopic (exact) mass is 232 g/mol. The molecule has 5 heteroatoms. The molecule has 1 aromatic heterocycles. The summed E-state index contributed by atoms with van der Waals surface area (Å²) in [6, 6.07) is 3.45. The number of benzene rings is 1. The Hall–Kier alpha value is -2.04. The van der Waals surface area contributed by atoms with Gasteiger partial charge in [-0.2, -0.15) is 0 Å². The number of nitrogens with one attached hydrogen (secondary N) is 1. The standard InChI is InChI=1S/C12H12N2O3/c1-2-11-13-8-6-10-9(16-3-4-17-10)5-7(8)12(15)14-11/h5-6H,2-4H2,1H3,(H,13,14,15). The summed E-state index contributed by atoms with van der Waals surface area (Å²) in [7, 11) is 0. The van der Waals surface area contributed by atoms with E-state index in [9.17, 15) is 4.79 Å². The predicted molar refractivity (Wildman–Crippen MR) is 62.7 cm³/mol. The molecule has 1 aliphatic heterocycles. The lowest BCUT2D eigenvalue weighted by Gasteiger charge is -2.18. The topological polar surface area (TPSA) is 64.2 Å². The molecule has 0 saturated heterocycles. The van der Waals surface area contributed by atoms with Crippen LogP contribution in [0, 0.1) is 0 Å². The molecule has 5 nitrogen and oxygen atoms in total. The Bertz CT molecular complexity index is 633. The minimum Gasteiger partial charge on any atom is -0.486 e. The molecule has 2 aromatic rings. The highest BCUT2D eigenvalue weighted by atomic mass is 16.6. The van der Waals surface area contributed by atoms with Gasteiger partial charge in [-0.05, 0) is 6.07 Å². The van der Waals surface area contributed by atoms with E-state index < -0.39 is 0 Å². The molecule has 0 spiro atoms. The van der Waals surface area contributed by atoms with Gasteiger partial charge in [-0.25, -0.2) is 4.98 Å². The fourth-order valence-electron chi connectivity index (χ4n) is 1.89. The number of ether oxygens (including phenoxy) is 2. The van der Waals surface area contributed by atoms with Gasteiger partial charge in [0.05, 0.1) is 10.9 Å². The van der Waals surface area contributed by atoms with Gasteiger partial charge in [0.25, 0.3) is 5.56 Å². The summed E-state index contributed by atoms with van der Waals surface area (Å²) >= 11 is 0. The molecule has 0 atom stereocenters. The fraction of sp³-hybridized carbons (Fsp3) is 0.333. The van der Waals surface area contributed by atoms with E-state index in [1.54, 1.807) is 12.1 Å². The second kappa shape index (κ2) is 3.76. The Labute approximate surface area is 97.4 Å². The Morgan fingerprint density at radius 2 is 2.00 bits per heavy atom. The minimum absolute atomic E-state index is 0.135. The SMILES string of the molecule is CCc1nc2cc3c(cc2c(=O)[nH]1)OCCO3.